The van der Waals surface area contributed by atoms with E-state index in [4.69, 9.17) is 46.4 Å². The van der Waals surface area contributed by atoms with Crippen LogP contribution in [0, 0.1) is 5.82 Å². The first kappa shape index (κ1) is 15.6. The van der Waals surface area contributed by atoms with Gasteiger partial charge in [-0.2, -0.15) is 0 Å². The molecule has 104 valence electrons. The van der Waals surface area contributed by atoms with Crippen LogP contribution in [0.1, 0.15) is 17.3 Å². The van der Waals surface area contributed by atoms with Gasteiger partial charge in [0.2, 0.25) is 0 Å². The number of carbonyl (C=O) groups excluding carboxylic acids is 1. The van der Waals surface area contributed by atoms with Crippen molar-refractivity contribution in [2.24, 2.45) is 0 Å². The predicted molar refractivity (Wildman–Crippen MR) is 81.9 cm³/mol. The van der Waals surface area contributed by atoms with E-state index in [1.807, 2.05) is 0 Å². The molecule has 0 aliphatic rings. The van der Waals surface area contributed by atoms with Crippen LogP contribution in [0.2, 0.25) is 20.1 Å². The smallest absolute Gasteiger partial charge is 0.159 e. The molecule has 0 heterocycles. The Labute approximate surface area is 135 Å². The topological polar surface area (TPSA) is 17.1 Å². The summed E-state index contributed by atoms with van der Waals surface area (Å²) in [6, 6.07) is 5.34. The molecule has 1 nitrogen and oxygen atoms in total. The van der Waals surface area contributed by atoms with Crippen LogP contribution < -0.4 is 0 Å². The number of rotatable bonds is 2. The lowest BCUT2D eigenvalue weighted by molar-refractivity contribution is 0.101. The molecule has 20 heavy (non-hydrogen) atoms. The Hall–Kier alpha value is -0.800. The summed E-state index contributed by atoms with van der Waals surface area (Å²) in [5.41, 5.74) is 0.661. The second kappa shape index (κ2) is 5.90. The Morgan fingerprint density at radius 3 is 2.25 bits per heavy atom. The fourth-order valence-electron chi connectivity index (χ4n) is 1.75. The molecule has 0 amide bonds. The van der Waals surface area contributed by atoms with Crippen LogP contribution in [0.15, 0.2) is 24.3 Å². The van der Waals surface area contributed by atoms with Gasteiger partial charge in [-0.05, 0) is 31.2 Å². The number of ketones is 1. The standard InChI is InChI=1S/C14H7Cl4FO/c1-6(20)7-2-3-11(19)8(4-7)12-9(15)5-10(16)13(17)14(12)18/h2-5H,1H3. The van der Waals surface area contributed by atoms with E-state index in [9.17, 15) is 9.18 Å². The van der Waals surface area contributed by atoms with E-state index in [1.54, 1.807) is 0 Å². The van der Waals surface area contributed by atoms with Crippen LogP contribution in [-0.2, 0) is 0 Å². The van der Waals surface area contributed by atoms with Crippen molar-refractivity contribution in [2.75, 3.05) is 0 Å². The van der Waals surface area contributed by atoms with E-state index in [0.717, 1.165) is 0 Å². The van der Waals surface area contributed by atoms with Gasteiger partial charge in [-0.15, -0.1) is 0 Å². The van der Waals surface area contributed by atoms with E-state index >= 15 is 0 Å². The van der Waals surface area contributed by atoms with Crippen LogP contribution >= 0.6 is 46.4 Å². The van der Waals surface area contributed by atoms with Crippen molar-refractivity contribution in [3.8, 4) is 11.1 Å². The molecule has 6 heteroatoms. The summed E-state index contributed by atoms with van der Waals surface area (Å²) in [6.07, 6.45) is 0. The second-order valence-corrected chi connectivity index (χ2v) is 5.66. The Bertz CT molecular complexity index is 713. The zero-order valence-corrected chi connectivity index (χ0v) is 13.1. The predicted octanol–water partition coefficient (Wildman–Crippen LogP) is 6.31. The van der Waals surface area contributed by atoms with Crippen molar-refractivity contribution in [3.63, 3.8) is 0 Å². The first-order valence-electron chi connectivity index (χ1n) is 5.46. The molecule has 0 fully saturated rings. The van der Waals surface area contributed by atoms with Gasteiger partial charge in [-0.1, -0.05) is 46.4 Å². The Morgan fingerprint density at radius 2 is 1.65 bits per heavy atom. The van der Waals surface area contributed by atoms with Gasteiger partial charge in [0.15, 0.2) is 5.78 Å². The van der Waals surface area contributed by atoms with E-state index in [2.05, 4.69) is 0 Å². The average molecular weight is 352 g/mol. The van der Waals surface area contributed by atoms with Crippen molar-refractivity contribution in [3.05, 3.63) is 55.7 Å². The highest BCUT2D eigenvalue weighted by molar-refractivity contribution is 6.51. The monoisotopic (exact) mass is 350 g/mol. The second-order valence-electron chi connectivity index (χ2n) is 4.09. The number of Topliss-reactive ketones (excluding diaryl/α,β-unsaturated/α-hetero) is 1. The van der Waals surface area contributed by atoms with Crippen molar-refractivity contribution in [1.82, 2.24) is 0 Å². The molecular weight excluding hydrogens is 345 g/mol. The van der Waals surface area contributed by atoms with Crippen molar-refractivity contribution < 1.29 is 9.18 Å². The van der Waals surface area contributed by atoms with Gasteiger partial charge in [0.25, 0.3) is 0 Å². The van der Waals surface area contributed by atoms with E-state index in [0.29, 0.717) is 5.56 Å². The summed E-state index contributed by atoms with van der Waals surface area (Å²) in [6.45, 7) is 1.38. The molecule has 0 aliphatic carbocycles. The molecule has 0 atom stereocenters. The zero-order valence-electron chi connectivity index (χ0n) is 10.1. The zero-order chi connectivity index (χ0) is 15.0. The maximum Gasteiger partial charge on any atom is 0.159 e. The quantitative estimate of drug-likeness (QED) is 0.352. The van der Waals surface area contributed by atoms with Crippen molar-refractivity contribution >= 4 is 52.2 Å². The largest absolute Gasteiger partial charge is 0.295 e. The summed E-state index contributed by atoms with van der Waals surface area (Å²) < 4.78 is 14.0. The number of carbonyl (C=O) groups is 1. The van der Waals surface area contributed by atoms with E-state index < -0.39 is 5.82 Å². The number of hydrogen-bond donors (Lipinski definition) is 0. The molecule has 0 radical (unpaired) electrons. The number of halogens is 5. The molecule has 0 spiro atoms. The highest BCUT2D eigenvalue weighted by atomic mass is 35.5. The lowest BCUT2D eigenvalue weighted by atomic mass is 10.0. The summed E-state index contributed by atoms with van der Waals surface area (Å²) >= 11 is 24.0. The van der Waals surface area contributed by atoms with Gasteiger partial charge >= 0.3 is 0 Å². The highest BCUT2D eigenvalue weighted by Crippen LogP contribution is 2.43. The molecule has 0 saturated heterocycles. The maximum absolute atomic E-state index is 14.0. The molecule has 2 aromatic carbocycles. The summed E-state index contributed by atoms with van der Waals surface area (Å²) in [4.78, 5) is 11.4. The lowest BCUT2D eigenvalue weighted by Crippen LogP contribution is -1.96. The lowest BCUT2D eigenvalue weighted by Gasteiger charge is -2.12. The highest BCUT2D eigenvalue weighted by Gasteiger charge is 2.19. The third kappa shape index (κ3) is 2.79. The first-order valence-corrected chi connectivity index (χ1v) is 6.98. The van der Waals surface area contributed by atoms with Crippen LogP contribution in [0.25, 0.3) is 11.1 Å². The van der Waals surface area contributed by atoms with Gasteiger partial charge in [0.05, 0.1) is 20.1 Å². The molecule has 0 unspecified atom stereocenters. The van der Waals surface area contributed by atoms with Gasteiger partial charge in [-0.3, -0.25) is 4.79 Å². The van der Waals surface area contributed by atoms with Gasteiger partial charge in [0, 0.05) is 16.7 Å². The summed E-state index contributed by atoms with van der Waals surface area (Å²) in [5, 5.41) is 0.460. The molecule has 0 N–H and O–H groups in total. The average Bonchev–Trinajstić information content (AvgIpc) is 2.38. The Balaban J connectivity index is 2.78. The molecule has 0 aromatic heterocycles. The minimum absolute atomic E-state index is 0.0452. The van der Waals surface area contributed by atoms with Crippen LogP contribution in [0.3, 0.4) is 0 Å². The molecule has 2 aromatic rings. The van der Waals surface area contributed by atoms with Crippen molar-refractivity contribution in [1.29, 1.82) is 0 Å². The summed E-state index contributed by atoms with van der Waals surface area (Å²) in [7, 11) is 0. The molecule has 0 aliphatic heterocycles. The van der Waals surface area contributed by atoms with Crippen LogP contribution in [0.5, 0.6) is 0 Å². The van der Waals surface area contributed by atoms with Gasteiger partial charge < -0.3 is 0 Å². The third-order valence-electron chi connectivity index (χ3n) is 2.76. The maximum atomic E-state index is 14.0. The van der Waals surface area contributed by atoms with Crippen molar-refractivity contribution in [2.45, 2.75) is 6.92 Å². The number of hydrogen-bond acceptors (Lipinski definition) is 1. The van der Waals surface area contributed by atoms with Crippen LogP contribution in [-0.4, -0.2) is 5.78 Å². The third-order valence-corrected chi connectivity index (χ3v) is 4.32. The molecule has 2 rings (SSSR count). The minimum atomic E-state index is -0.558. The fourth-order valence-corrected chi connectivity index (χ4v) is 2.86. The first-order chi connectivity index (χ1) is 9.32. The normalized spacial score (nSPS) is 10.7. The Kier molecular flexibility index (Phi) is 4.60. The molecule has 0 saturated carbocycles. The minimum Gasteiger partial charge on any atom is -0.295 e. The van der Waals surface area contributed by atoms with Gasteiger partial charge in [-0.25, -0.2) is 4.39 Å². The molecule has 0 bridgehead atoms. The number of benzene rings is 2. The van der Waals surface area contributed by atoms with Crippen LogP contribution in [0.4, 0.5) is 4.39 Å². The fraction of sp³-hybridized carbons (Fsp3) is 0.0714. The SMILES string of the molecule is CC(=O)c1ccc(F)c(-c2c(Cl)cc(Cl)c(Cl)c2Cl)c1. The molecular formula is C14H7Cl4FO. The Morgan fingerprint density at radius 1 is 1.00 bits per heavy atom. The van der Waals surface area contributed by atoms with Gasteiger partial charge in [0.1, 0.15) is 5.82 Å². The van der Waals surface area contributed by atoms with E-state index in [1.165, 1.54) is 31.2 Å². The van der Waals surface area contributed by atoms with E-state index in [-0.39, 0.29) is 37.0 Å². The summed E-state index contributed by atoms with van der Waals surface area (Å²) in [5.74, 6) is -0.754.